The minimum absolute atomic E-state index is 0.147. The molecule has 1 unspecified atom stereocenters. The third kappa shape index (κ3) is 6.39. The minimum atomic E-state index is -0.147. The highest BCUT2D eigenvalue weighted by atomic mass is 16.5. The fourth-order valence-electron chi connectivity index (χ4n) is 1.29. The molecule has 0 aliphatic heterocycles. The lowest BCUT2D eigenvalue weighted by molar-refractivity contribution is -0.0260. The molecule has 0 rings (SSSR count). The molecular formula is C12H26NO. The van der Waals surface area contributed by atoms with Crippen molar-refractivity contribution >= 4 is 0 Å². The van der Waals surface area contributed by atoms with Crippen molar-refractivity contribution in [2.75, 3.05) is 27.2 Å². The summed E-state index contributed by atoms with van der Waals surface area (Å²) in [5.74, 6) is 0. The molecule has 1 atom stereocenters. The van der Waals surface area contributed by atoms with Gasteiger partial charge in [0.05, 0.1) is 12.2 Å². The molecule has 0 fully saturated rings. The van der Waals surface area contributed by atoms with Crippen LogP contribution >= 0.6 is 0 Å². The summed E-state index contributed by atoms with van der Waals surface area (Å²) < 4.78 is 5.84. The van der Waals surface area contributed by atoms with Crippen LogP contribution in [0, 0.1) is 6.92 Å². The Balaban J connectivity index is 3.74. The van der Waals surface area contributed by atoms with Gasteiger partial charge in [0, 0.05) is 6.54 Å². The largest absolute Gasteiger partial charge is 0.374 e. The van der Waals surface area contributed by atoms with Crippen molar-refractivity contribution in [1.82, 2.24) is 4.90 Å². The molecule has 2 nitrogen and oxygen atoms in total. The van der Waals surface area contributed by atoms with Crippen molar-refractivity contribution in [3.63, 3.8) is 0 Å². The molecule has 0 spiro atoms. The predicted octanol–water partition coefficient (Wildman–Crippen LogP) is 2.74. The van der Waals surface area contributed by atoms with Crippen molar-refractivity contribution in [2.45, 2.75) is 45.1 Å². The van der Waals surface area contributed by atoms with E-state index >= 15 is 0 Å². The summed E-state index contributed by atoms with van der Waals surface area (Å²) in [4.78, 5) is 2.13. The molecular weight excluding hydrogens is 174 g/mol. The van der Waals surface area contributed by atoms with Gasteiger partial charge in [0.2, 0.25) is 0 Å². The second-order valence-electron chi connectivity index (χ2n) is 4.29. The lowest BCUT2D eigenvalue weighted by atomic mass is 9.96. The number of unbranched alkanes of at least 4 members (excludes halogenated alkanes) is 1. The van der Waals surface area contributed by atoms with Gasteiger partial charge in [0.25, 0.3) is 0 Å². The standard InChI is InChI=1S/C12H26NO/c1-6-8-9-12(3,7-2)14-11-10-13(4)5/h3,6-11H2,1-2,4-5H3. The Morgan fingerprint density at radius 3 is 2.36 bits per heavy atom. The molecule has 1 radical (unpaired) electrons. The molecule has 0 amide bonds. The van der Waals surface area contributed by atoms with Gasteiger partial charge >= 0.3 is 0 Å². The normalized spacial score (nSPS) is 15.9. The Morgan fingerprint density at radius 2 is 1.93 bits per heavy atom. The van der Waals surface area contributed by atoms with Crippen molar-refractivity contribution < 1.29 is 4.74 Å². The van der Waals surface area contributed by atoms with E-state index < -0.39 is 0 Å². The number of hydrogen-bond donors (Lipinski definition) is 0. The van der Waals surface area contributed by atoms with E-state index in [1.165, 1.54) is 12.8 Å². The van der Waals surface area contributed by atoms with Crippen molar-refractivity contribution in [3.05, 3.63) is 6.92 Å². The van der Waals surface area contributed by atoms with Crippen molar-refractivity contribution in [3.8, 4) is 0 Å². The zero-order valence-electron chi connectivity index (χ0n) is 10.3. The molecule has 0 aromatic rings. The molecule has 0 saturated heterocycles. The smallest absolute Gasteiger partial charge is 0.0681 e. The molecule has 0 aliphatic rings. The van der Waals surface area contributed by atoms with Gasteiger partial charge in [-0.2, -0.15) is 0 Å². The number of ether oxygens (including phenoxy) is 1. The first-order chi connectivity index (χ1) is 6.54. The van der Waals surface area contributed by atoms with E-state index in [4.69, 9.17) is 4.74 Å². The molecule has 14 heavy (non-hydrogen) atoms. The maximum atomic E-state index is 5.84. The predicted molar refractivity (Wildman–Crippen MR) is 62.4 cm³/mol. The minimum Gasteiger partial charge on any atom is -0.374 e. The SMILES string of the molecule is [CH2]C(CC)(CCCC)OCCN(C)C. The quantitative estimate of drug-likeness (QED) is 0.597. The number of hydrogen-bond acceptors (Lipinski definition) is 2. The molecule has 0 aliphatic carbocycles. The van der Waals surface area contributed by atoms with Crippen LogP contribution in [-0.2, 0) is 4.74 Å². The summed E-state index contributed by atoms with van der Waals surface area (Å²) in [5.41, 5.74) is -0.147. The van der Waals surface area contributed by atoms with Gasteiger partial charge in [0.1, 0.15) is 0 Å². The average molecular weight is 200 g/mol. The fourth-order valence-corrected chi connectivity index (χ4v) is 1.29. The average Bonchev–Trinajstić information content (AvgIpc) is 2.14. The van der Waals surface area contributed by atoms with Crippen LogP contribution in [0.2, 0.25) is 0 Å². The van der Waals surface area contributed by atoms with Crippen LogP contribution in [0.4, 0.5) is 0 Å². The van der Waals surface area contributed by atoms with Crippen LogP contribution in [0.5, 0.6) is 0 Å². The zero-order chi connectivity index (χ0) is 11.0. The van der Waals surface area contributed by atoms with E-state index in [1.54, 1.807) is 0 Å². The van der Waals surface area contributed by atoms with Crippen molar-refractivity contribution in [2.24, 2.45) is 0 Å². The van der Waals surface area contributed by atoms with Crippen LogP contribution in [0.3, 0.4) is 0 Å². The number of likely N-dealkylation sites (N-methyl/N-ethyl adjacent to an activating group) is 1. The third-order valence-corrected chi connectivity index (χ3v) is 2.58. The highest BCUT2D eigenvalue weighted by Crippen LogP contribution is 2.21. The van der Waals surface area contributed by atoms with Gasteiger partial charge in [-0.15, -0.1) is 0 Å². The van der Waals surface area contributed by atoms with E-state index in [1.807, 2.05) is 0 Å². The number of rotatable bonds is 8. The van der Waals surface area contributed by atoms with Crippen LogP contribution in [0.25, 0.3) is 0 Å². The Kier molecular flexibility index (Phi) is 7.20. The second-order valence-corrected chi connectivity index (χ2v) is 4.29. The van der Waals surface area contributed by atoms with E-state index in [9.17, 15) is 0 Å². The van der Waals surface area contributed by atoms with Gasteiger partial charge in [0.15, 0.2) is 0 Å². The van der Waals surface area contributed by atoms with Gasteiger partial charge in [-0.05, 0) is 33.9 Å². The van der Waals surface area contributed by atoms with Crippen LogP contribution in [0.1, 0.15) is 39.5 Å². The molecule has 0 aromatic heterocycles. The van der Waals surface area contributed by atoms with Gasteiger partial charge in [-0.25, -0.2) is 0 Å². The first-order valence-corrected chi connectivity index (χ1v) is 5.68. The first-order valence-electron chi connectivity index (χ1n) is 5.68. The fraction of sp³-hybridized carbons (Fsp3) is 0.917. The monoisotopic (exact) mass is 200 g/mol. The van der Waals surface area contributed by atoms with E-state index in [0.29, 0.717) is 0 Å². The molecule has 0 N–H and O–H groups in total. The first kappa shape index (κ1) is 13.9. The Morgan fingerprint density at radius 1 is 1.29 bits per heavy atom. The zero-order valence-corrected chi connectivity index (χ0v) is 10.3. The van der Waals surface area contributed by atoms with Gasteiger partial charge < -0.3 is 9.64 Å². The molecule has 0 bridgehead atoms. The van der Waals surface area contributed by atoms with E-state index in [-0.39, 0.29) is 5.60 Å². The summed E-state index contributed by atoms with van der Waals surface area (Å²) in [6.45, 7) is 10.3. The van der Waals surface area contributed by atoms with E-state index in [2.05, 4.69) is 39.8 Å². The van der Waals surface area contributed by atoms with Crippen LogP contribution in [0.15, 0.2) is 0 Å². The molecule has 0 saturated carbocycles. The van der Waals surface area contributed by atoms with Crippen LogP contribution in [-0.4, -0.2) is 37.7 Å². The van der Waals surface area contributed by atoms with Crippen LogP contribution < -0.4 is 0 Å². The molecule has 0 aromatic carbocycles. The Bertz CT molecular complexity index is 136. The highest BCUT2D eigenvalue weighted by molar-refractivity contribution is 4.81. The Labute approximate surface area is 89.6 Å². The second kappa shape index (κ2) is 7.24. The molecule has 85 valence electrons. The highest BCUT2D eigenvalue weighted by Gasteiger charge is 2.21. The van der Waals surface area contributed by atoms with Crippen molar-refractivity contribution in [1.29, 1.82) is 0 Å². The third-order valence-electron chi connectivity index (χ3n) is 2.58. The maximum Gasteiger partial charge on any atom is 0.0681 e. The van der Waals surface area contributed by atoms with Gasteiger partial charge in [-0.3, -0.25) is 0 Å². The topological polar surface area (TPSA) is 12.5 Å². The summed E-state index contributed by atoms with van der Waals surface area (Å²) in [5, 5.41) is 0. The summed E-state index contributed by atoms with van der Waals surface area (Å²) in [6.07, 6.45) is 4.50. The maximum absolute atomic E-state index is 5.84. The van der Waals surface area contributed by atoms with E-state index in [0.717, 1.165) is 26.0 Å². The molecule has 2 heteroatoms. The Hall–Kier alpha value is -0.0800. The lowest BCUT2D eigenvalue weighted by Gasteiger charge is -2.29. The summed E-state index contributed by atoms with van der Waals surface area (Å²) >= 11 is 0. The summed E-state index contributed by atoms with van der Waals surface area (Å²) in [6, 6.07) is 0. The lowest BCUT2D eigenvalue weighted by Crippen LogP contribution is -2.31. The number of nitrogens with zero attached hydrogens (tertiary/aromatic N) is 1. The molecule has 0 heterocycles. The van der Waals surface area contributed by atoms with Gasteiger partial charge in [-0.1, -0.05) is 26.7 Å². The summed E-state index contributed by atoms with van der Waals surface area (Å²) in [7, 11) is 4.12.